The van der Waals surface area contributed by atoms with Gasteiger partial charge in [-0.05, 0) is 63.4 Å². The molecule has 0 unspecified atom stereocenters. The van der Waals surface area contributed by atoms with Gasteiger partial charge in [0.05, 0.1) is 27.0 Å². The maximum Gasteiger partial charge on any atom is 0.410 e. The highest BCUT2D eigenvalue weighted by Crippen LogP contribution is 2.42. The third-order valence-electron chi connectivity index (χ3n) is 5.28. The molecule has 1 aliphatic heterocycles. The van der Waals surface area contributed by atoms with E-state index in [9.17, 15) is 9.18 Å². The van der Waals surface area contributed by atoms with Crippen LogP contribution in [-0.2, 0) is 4.74 Å². The number of amides is 1. The highest BCUT2D eigenvalue weighted by atomic mass is 35.5. The van der Waals surface area contributed by atoms with E-state index in [1.54, 1.807) is 29.3 Å². The average Bonchev–Trinajstić information content (AvgIpc) is 3.20. The summed E-state index contributed by atoms with van der Waals surface area (Å²) in [5.41, 5.74) is 6.69. The Labute approximate surface area is 200 Å². The van der Waals surface area contributed by atoms with Crippen LogP contribution < -0.4 is 5.73 Å². The van der Waals surface area contributed by atoms with Crippen LogP contribution in [-0.4, -0.2) is 44.6 Å². The molecule has 1 amide bonds. The lowest BCUT2D eigenvalue weighted by atomic mass is 9.97. The number of likely N-dealkylation sites (tertiary alicyclic amines) is 1. The van der Waals surface area contributed by atoms with Gasteiger partial charge in [-0.3, -0.25) is 0 Å². The van der Waals surface area contributed by atoms with Crippen molar-refractivity contribution in [3.8, 4) is 21.8 Å². The van der Waals surface area contributed by atoms with Crippen molar-refractivity contribution >= 4 is 34.7 Å². The van der Waals surface area contributed by atoms with Gasteiger partial charge in [0.15, 0.2) is 5.82 Å². The second kappa shape index (κ2) is 9.23. The van der Waals surface area contributed by atoms with Gasteiger partial charge in [-0.15, -0.1) is 11.3 Å². The van der Waals surface area contributed by atoms with Crippen molar-refractivity contribution in [2.75, 3.05) is 18.8 Å². The topological polar surface area (TPSA) is 94.2 Å². The van der Waals surface area contributed by atoms with Gasteiger partial charge < -0.3 is 15.4 Å². The first kappa shape index (κ1) is 23.4. The molecule has 1 aliphatic rings. The van der Waals surface area contributed by atoms with Crippen molar-refractivity contribution in [2.45, 2.75) is 45.1 Å². The lowest BCUT2D eigenvalue weighted by molar-refractivity contribution is 0.0205. The van der Waals surface area contributed by atoms with Crippen LogP contribution in [0.1, 0.15) is 44.5 Å². The average molecular weight is 490 g/mol. The van der Waals surface area contributed by atoms with Crippen LogP contribution in [0.4, 0.5) is 14.9 Å². The Hall–Kier alpha value is -2.78. The molecular formula is C23H25ClFN5O2S. The quantitative estimate of drug-likeness (QED) is 0.371. The number of nitrogens with two attached hydrogens (primary N) is 1. The van der Waals surface area contributed by atoms with Crippen LogP contribution in [0.25, 0.3) is 21.8 Å². The summed E-state index contributed by atoms with van der Waals surface area (Å²) in [6, 6.07) is 6.59. The molecule has 0 atom stereocenters. The minimum absolute atomic E-state index is 0.0550. The molecule has 0 spiro atoms. The molecule has 1 saturated heterocycles. The SMILES string of the molecule is CC(C)(C)OC(=O)N1CCC(c2nc(-c3cccc(N)c3F)c(-c3ccnc(Cl)n3)s2)CC1. The number of hydrogen-bond acceptors (Lipinski definition) is 7. The van der Waals surface area contributed by atoms with Gasteiger partial charge in [-0.25, -0.2) is 24.1 Å². The predicted molar refractivity (Wildman–Crippen MR) is 128 cm³/mol. The zero-order chi connectivity index (χ0) is 23.8. The number of hydrogen-bond donors (Lipinski definition) is 1. The minimum Gasteiger partial charge on any atom is -0.444 e. The Morgan fingerprint density at radius 1 is 1.24 bits per heavy atom. The number of anilines is 1. The minimum atomic E-state index is -0.534. The molecule has 7 nitrogen and oxygen atoms in total. The van der Waals surface area contributed by atoms with E-state index in [0.717, 1.165) is 17.8 Å². The molecule has 174 valence electrons. The van der Waals surface area contributed by atoms with Crippen LogP contribution >= 0.6 is 22.9 Å². The second-order valence-corrected chi connectivity index (χ2v) is 10.3. The number of halogens is 2. The van der Waals surface area contributed by atoms with Gasteiger partial charge in [0.25, 0.3) is 0 Å². The predicted octanol–water partition coefficient (Wildman–Crippen LogP) is 5.76. The van der Waals surface area contributed by atoms with E-state index >= 15 is 0 Å². The number of carbonyl (C=O) groups is 1. The molecule has 0 radical (unpaired) electrons. The third-order valence-corrected chi connectivity index (χ3v) is 6.70. The Bertz CT molecular complexity index is 1170. The number of nitrogen functional groups attached to an aromatic ring is 1. The fraction of sp³-hybridized carbons (Fsp3) is 0.391. The standard InChI is InChI=1S/C23H25ClFN5O2S/c1-23(2,3)32-22(31)30-11-8-13(9-12-30)20-29-18(14-5-4-6-15(26)17(14)25)19(33-20)16-7-10-27-21(24)28-16/h4-7,10,13H,8-9,11-12,26H2,1-3H3. The Kier molecular flexibility index (Phi) is 6.54. The van der Waals surface area contributed by atoms with Crippen molar-refractivity contribution in [3.63, 3.8) is 0 Å². The van der Waals surface area contributed by atoms with Crippen LogP contribution in [0, 0.1) is 5.82 Å². The maximum atomic E-state index is 14.9. The number of thiazole rings is 1. The Morgan fingerprint density at radius 2 is 1.97 bits per heavy atom. The fourth-order valence-electron chi connectivity index (χ4n) is 3.70. The van der Waals surface area contributed by atoms with Gasteiger partial charge in [-0.1, -0.05) is 6.07 Å². The molecule has 2 aromatic heterocycles. The first-order valence-corrected chi connectivity index (χ1v) is 11.8. The molecule has 0 aliphatic carbocycles. The monoisotopic (exact) mass is 489 g/mol. The molecule has 2 N–H and O–H groups in total. The molecule has 10 heteroatoms. The van der Waals surface area contributed by atoms with Crippen molar-refractivity contribution in [2.24, 2.45) is 0 Å². The highest BCUT2D eigenvalue weighted by Gasteiger charge is 2.30. The number of piperidine rings is 1. The summed E-state index contributed by atoms with van der Waals surface area (Å²) in [5, 5.41) is 0.965. The number of ether oxygens (including phenoxy) is 1. The summed E-state index contributed by atoms with van der Waals surface area (Å²) in [6.07, 6.45) is 2.72. The highest BCUT2D eigenvalue weighted by molar-refractivity contribution is 7.15. The summed E-state index contributed by atoms with van der Waals surface area (Å²) < 4.78 is 20.4. The lowest BCUT2D eigenvalue weighted by Gasteiger charge is -2.32. The van der Waals surface area contributed by atoms with Crippen molar-refractivity contribution in [1.82, 2.24) is 19.9 Å². The van der Waals surface area contributed by atoms with Crippen LogP contribution in [0.15, 0.2) is 30.5 Å². The largest absolute Gasteiger partial charge is 0.444 e. The maximum absolute atomic E-state index is 14.9. The molecule has 33 heavy (non-hydrogen) atoms. The summed E-state index contributed by atoms with van der Waals surface area (Å²) in [6.45, 7) is 6.69. The van der Waals surface area contributed by atoms with E-state index in [2.05, 4.69) is 9.97 Å². The van der Waals surface area contributed by atoms with Crippen molar-refractivity contribution < 1.29 is 13.9 Å². The van der Waals surface area contributed by atoms with Crippen molar-refractivity contribution in [1.29, 1.82) is 0 Å². The summed E-state index contributed by atoms with van der Waals surface area (Å²) in [5.74, 6) is -0.391. The van der Waals surface area contributed by atoms with E-state index in [0.29, 0.717) is 34.9 Å². The van der Waals surface area contributed by atoms with Crippen molar-refractivity contribution in [3.05, 3.63) is 46.6 Å². The van der Waals surface area contributed by atoms with Gasteiger partial charge >= 0.3 is 6.09 Å². The zero-order valence-electron chi connectivity index (χ0n) is 18.6. The fourth-order valence-corrected chi connectivity index (χ4v) is 5.06. The smallest absolute Gasteiger partial charge is 0.410 e. The Morgan fingerprint density at radius 3 is 2.64 bits per heavy atom. The molecule has 3 aromatic rings. The number of benzene rings is 1. The molecule has 0 saturated carbocycles. The van der Waals surface area contributed by atoms with Gasteiger partial charge in [0.2, 0.25) is 5.28 Å². The normalized spacial score (nSPS) is 15.0. The number of nitrogens with zero attached hydrogens (tertiary/aromatic N) is 4. The van der Waals surface area contributed by atoms with E-state index in [1.165, 1.54) is 17.4 Å². The lowest BCUT2D eigenvalue weighted by Crippen LogP contribution is -2.41. The molecule has 1 aromatic carbocycles. The first-order valence-electron chi connectivity index (χ1n) is 10.6. The van der Waals surface area contributed by atoms with E-state index in [1.807, 2.05) is 20.8 Å². The first-order chi connectivity index (χ1) is 15.6. The number of carbonyl (C=O) groups excluding carboxylic acids is 1. The number of aromatic nitrogens is 3. The van der Waals surface area contributed by atoms with E-state index in [4.69, 9.17) is 27.1 Å². The van der Waals surface area contributed by atoms with Gasteiger partial charge in [-0.2, -0.15) is 0 Å². The second-order valence-electron chi connectivity index (χ2n) is 8.89. The van der Waals surface area contributed by atoms with Crippen LogP contribution in [0.2, 0.25) is 5.28 Å². The zero-order valence-corrected chi connectivity index (χ0v) is 20.2. The van der Waals surface area contributed by atoms with E-state index < -0.39 is 11.4 Å². The molecule has 1 fully saturated rings. The summed E-state index contributed by atoms with van der Waals surface area (Å²) in [4.78, 5) is 27.9. The van der Waals surface area contributed by atoms with Gasteiger partial charge in [0, 0.05) is 30.8 Å². The number of rotatable bonds is 3. The van der Waals surface area contributed by atoms with E-state index in [-0.39, 0.29) is 23.0 Å². The molecule has 3 heterocycles. The molecular weight excluding hydrogens is 465 g/mol. The van der Waals surface area contributed by atoms with Gasteiger partial charge in [0.1, 0.15) is 5.60 Å². The summed E-state index contributed by atoms with van der Waals surface area (Å²) in [7, 11) is 0. The van der Waals surface area contributed by atoms with Crippen LogP contribution in [0.3, 0.4) is 0 Å². The summed E-state index contributed by atoms with van der Waals surface area (Å²) >= 11 is 7.47. The molecule has 0 bridgehead atoms. The Balaban J connectivity index is 1.64. The molecule has 4 rings (SSSR count). The van der Waals surface area contributed by atoms with Crippen LogP contribution in [0.5, 0.6) is 0 Å². The third kappa shape index (κ3) is 5.25.